The number of rotatable bonds is 5. The Hall–Kier alpha value is -1.63. The third kappa shape index (κ3) is 5.17. The van der Waals surface area contributed by atoms with Crippen molar-refractivity contribution < 1.29 is 19.4 Å². The van der Waals surface area contributed by atoms with Gasteiger partial charge in [-0.3, -0.25) is 9.69 Å². The highest BCUT2D eigenvalue weighted by Gasteiger charge is 2.35. The van der Waals surface area contributed by atoms with Crippen LogP contribution in [-0.2, 0) is 9.53 Å². The van der Waals surface area contributed by atoms with E-state index in [2.05, 4.69) is 4.90 Å². The number of amides is 1. The molecule has 0 unspecified atom stereocenters. The molecule has 138 valence electrons. The quantitative estimate of drug-likeness (QED) is 0.862. The molecule has 1 aromatic carbocycles. The van der Waals surface area contributed by atoms with Crippen molar-refractivity contribution in [1.29, 1.82) is 0 Å². The van der Waals surface area contributed by atoms with E-state index in [1.807, 2.05) is 31.2 Å². The maximum atomic E-state index is 12.6. The van der Waals surface area contributed by atoms with Crippen molar-refractivity contribution in [2.24, 2.45) is 0 Å². The topological polar surface area (TPSA) is 62.2 Å². The Morgan fingerprint density at radius 2 is 1.96 bits per heavy atom. The van der Waals surface area contributed by atoms with Gasteiger partial charge in [-0.05, 0) is 45.0 Å². The summed E-state index contributed by atoms with van der Waals surface area (Å²) in [5.41, 5.74) is -0.0373. The van der Waals surface area contributed by atoms with E-state index in [1.165, 1.54) is 0 Å². The van der Waals surface area contributed by atoms with Crippen LogP contribution in [0.1, 0.15) is 18.4 Å². The highest BCUT2D eigenvalue weighted by Crippen LogP contribution is 2.18. The average molecular weight is 348 g/mol. The normalized spacial score (nSPS) is 25.0. The van der Waals surface area contributed by atoms with Crippen LogP contribution in [0, 0.1) is 6.92 Å². The smallest absolute Gasteiger partial charge is 0.236 e. The van der Waals surface area contributed by atoms with E-state index in [0.29, 0.717) is 25.4 Å². The summed E-state index contributed by atoms with van der Waals surface area (Å²) >= 11 is 0. The fourth-order valence-electron chi connectivity index (χ4n) is 3.30. The first-order valence-corrected chi connectivity index (χ1v) is 9.04. The number of nitrogens with zero attached hydrogens (tertiary/aromatic N) is 2. The first kappa shape index (κ1) is 18.2. The number of carbonyl (C=O) groups excluding carboxylic acids is 1. The van der Waals surface area contributed by atoms with Crippen molar-refractivity contribution in [3.8, 4) is 5.75 Å². The van der Waals surface area contributed by atoms with Gasteiger partial charge in [0.15, 0.2) is 0 Å². The van der Waals surface area contributed by atoms with Crippen LogP contribution in [0.15, 0.2) is 24.3 Å². The number of benzene rings is 1. The number of aryl methyl sites for hydroxylation is 1. The third-order valence-electron chi connectivity index (χ3n) is 4.80. The maximum Gasteiger partial charge on any atom is 0.236 e. The molecule has 2 fully saturated rings. The van der Waals surface area contributed by atoms with E-state index in [4.69, 9.17) is 9.47 Å². The van der Waals surface area contributed by atoms with E-state index in [0.717, 1.165) is 31.5 Å². The second-order valence-corrected chi connectivity index (χ2v) is 7.18. The van der Waals surface area contributed by atoms with Crippen LogP contribution in [0.4, 0.5) is 0 Å². The Morgan fingerprint density at radius 3 is 2.68 bits per heavy atom. The fourth-order valence-corrected chi connectivity index (χ4v) is 3.30. The van der Waals surface area contributed by atoms with Crippen molar-refractivity contribution in [1.82, 2.24) is 9.80 Å². The standard InChI is InChI=1S/C19H28N2O4/c1-16-4-6-17(7-5-16)25-15-19(23)13-21(10-11-24-14-19)18(22)12-20-8-2-3-9-20/h4-7,23H,2-3,8-15H2,1H3/t19-/m0/s1. The number of ether oxygens (including phenoxy) is 2. The van der Waals surface area contributed by atoms with Gasteiger partial charge in [-0.15, -0.1) is 0 Å². The maximum absolute atomic E-state index is 12.6. The van der Waals surface area contributed by atoms with Gasteiger partial charge >= 0.3 is 0 Å². The van der Waals surface area contributed by atoms with Crippen molar-refractivity contribution in [3.05, 3.63) is 29.8 Å². The number of hydrogen-bond acceptors (Lipinski definition) is 5. The minimum Gasteiger partial charge on any atom is -0.490 e. The van der Waals surface area contributed by atoms with Crippen LogP contribution in [0.3, 0.4) is 0 Å². The molecule has 2 aliphatic heterocycles. The van der Waals surface area contributed by atoms with Crippen LogP contribution in [0.2, 0.25) is 0 Å². The highest BCUT2D eigenvalue weighted by atomic mass is 16.5. The molecule has 1 atom stereocenters. The van der Waals surface area contributed by atoms with E-state index >= 15 is 0 Å². The zero-order chi connectivity index (χ0) is 17.7. The molecule has 1 N–H and O–H groups in total. The zero-order valence-corrected chi connectivity index (χ0v) is 14.9. The fraction of sp³-hybridized carbons (Fsp3) is 0.632. The van der Waals surface area contributed by atoms with Crippen molar-refractivity contribution in [3.63, 3.8) is 0 Å². The monoisotopic (exact) mass is 348 g/mol. The number of likely N-dealkylation sites (tertiary alicyclic amines) is 1. The van der Waals surface area contributed by atoms with Gasteiger partial charge in [-0.1, -0.05) is 17.7 Å². The SMILES string of the molecule is Cc1ccc(OC[C@@]2(O)COCCN(C(=O)CN3CCCC3)C2)cc1. The number of hydrogen-bond donors (Lipinski definition) is 1. The van der Waals surface area contributed by atoms with Gasteiger partial charge in [0, 0.05) is 6.54 Å². The molecule has 6 nitrogen and oxygen atoms in total. The Kier molecular flexibility index (Phi) is 5.93. The molecule has 25 heavy (non-hydrogen) atoms. The van der Waals surface area contributed by atoms with Gasteiger partial charge in [0.05, 0.1) is 26.3 Å². The second-order valence-electron chi connectivity index (χ2n) is 7.18. The molecular weight excluding hydrogens is 320 g/mol. The predicted molar refractivity (Wildman–Crippen MR) is 94.7 cm³/mol. The van der Waals surface area contributed by atoms with E-state index in [1.54, 1.807) is 4.90 Å². The summed E-state index contributed by atoms with van der Waals surface area (Å²) in [7, 11) is 0. The summed E-state index contributed by atoms with van der Waals surface area (Å²) in [6.07, 6.45) is 2.31. The van der Waals surface area contributed by atoms with Crippen molar-refractivity contribution in [2.45, 2.75) is 25.4 Å². The van der Waals surface area contributed by atoms with E-state index < -0.39 is 5.60 Å². The van der Waals surface area contributed by atoms with Crippen LogP contribution in [-0.4, -0.2) is 79.0 Å². The molecule has 1 amide bonds. The molecule has 6 heteroatoms. The molecule has 0 aromatic heterocycles. The van der Waals surface area contributed by atoms with Crippen molar-refractivity contribution >= 4 is 5.91 Å². The minimum atomic E-state index is -1.19. The molecule has 0 bridgehead atoms. The summed E-state index contributed by atoms with van der Waals surface area (Å²) in [5.74, 6) is 0.763. The lowest BCUT2D eigenvalue weighted by Crippen LogP contribution is -2.51. The summed E-state index contributed by atoms with van der Waals surface area (Å²) in [6, 6.07) is 7.70. The lowest BCUT2D eigenvalue weighted by atomic mass is 10.1. The van der Waals surface area contributed by atoms with Crippen molar-refractivity contribution in [2.75, 3.05) is 52.5 Å². The lowest BCUT2D eigenvalue weighted by Gasteiger charge is -2.31. The van der Waals surface area contributed by atoms with Gasteiger partial charge < -0.3 is 19.5 Å². The largest absolute Gasteiger partial charge is 0.490 e. The molecule has 3 rings (SSSR count). The van der Waals surface area contributed by atoms with Crippen LogP contribution in [0.5, 0.6) is 5.75 Å². The summed E-state index contributed by atoms with van der Waals surface area (Å²) in [4.78, 5) is 16.5. The average Bonchev–Trinajstić information content (AvgIpc) is 3.02. The van der Waals surface area contributed by atoms with Crippen LogP contribution < -0.4 is 4.74 Å². The molecule has 0 spiro atoms. The first-order chi connectivity index (χ1) is 12.0. The number of β-amino-alcohol motifs (C(OH)–C–C–N with tert-alkyl or cyclic N) is 1. The Labute approximate surface area is 149 Å². The molecule has 0 aliphatic carbocycles. The van der Waals surface area contributed by atoms with Crippen LogP contribution >= 0.6 is 0 Å². The third-order valence-corrected chi connectivity index (χ3v) is 4.80. The molecule has 2 saturated heterocycles. The lowest BCUT2D eigenvalue weighted by molar-refractivity contribution is -0.135. The van der Waals surface area contributed by atoms with Gasteiger partial charge in [0.2, 0.25) is 5.91 Å². The van der Waals surface area contributed by atoms with E-state index in [9.17, 15) is 9.90 Å². The second kappa shape index (κ2) is 8.17. The Bertz CT molecular complexity index is 571. The number of carbonyl (C=O) groups is 1. The van der Waals surface area contributed by atoms with E-state index in [-0.39, 0.29) is 25.7 Å². The highest BCUT2D eigenvalue weighted by molar-refractivity contribution is 5.78. The zero-order valence-electron chi connectivity index (χ0n) is 14.9. The summed E-state index contributed by atoms with van der Waals surface area (Å²) in [6.45, 7) is 5.88. The molecule has 0 saturated carbocycles. The summed E-state index contributed by atoms with van der Waals surface area (Å²) in [5, 5.41) is 10.9. The molecular formula is C19H28N2O4. The predicted octanol–water partition coefficient (Wildman–Crippen LogP) is 1.06. The van der Waals surface area contributed by atoms with Gasteiger partial charge in [0.1, 0.15) is 18.0 Å². The first-order valence-electron chi connectivity index (χ1n) is 9.04. The Morgan fingerprint density at radius 1 is 1.24 bits per heavy atom. The Balaban J connectivity index is 1.57. The molecule has 2 aliphatic rings. The minimum absolute atomic E-state index is 0.0566. The number of aliphatic hydroxyl groups is 1. The molecule has 2 heterocycles. The van der Waals surface area contributed by atoms with Gasteiger partial charge in [0.25, 0.3) is 0 Å². The van der Waals surface area contributed by atoms with Gasteiger partial charge in [-0.2, -0.15) is 0 Å². The summed E-state index contributed by atoms with van der Waals surface area (Å²) < 4.78 is 11.3. The van der Waals surface area contributed by atoms with Gasteiger partial charge in [-0.25, -0.2) is 0 Å². The molecule has 1 aromatic rings. The molecule has 0 radical (unpaired) electrons. The van der Waals surface area contributed by atoms with Crippen LogP contribution in [0.25, 0.3) is 0 Å².